The summed E-state index contributed by atoms with van der Waals surface area (Å²) in [5.74, 6) is 0. The highest BCUT2D eigenvalue weighted by Gasteiger charge is 2.23. The topological polar surface area (TPSA) is 60.2 Å². The zero-order valence-electron chi connectivity index (χ0n) is 10.3. The highest BCUT2D eigenvalue weighted by atomic mass is 32.1. The summed E-state index contributed by atoms with van der Waals surface area (Å²) < 4.78 is 5.77. The normalized spacial score (nSPS) is 24.4. The first kappa shape index (κ1) is 13.0. The van der Waals surface area contributed by atoms with Crippen LogP contribution in [0.25, 0.3) is 0 Å². The Kier molecular flexibility index (Phi) is 4.91. The van der Waals surface area contributed by atoms with E-state index in [1.165, 1.54) is 5.01 Å². The van der Waals surface area contributed by atoms with Gasteiger partial charge in [0.1, 0.15) is 0 Å². The second kappa shape index (κ2) is 6.44. The summed E-state index contributed by atoms with van der Waals surface area (Å²) >= 11 is 1.74. The van der Waals surface area contributed by atoms with Gasteiger partial charge in [0.05, 0.1) is 17.2 Å². The molecule has 0 amide bonds. The van der Waals surface area contributed by atoms with Crippen LogP contribution in [-0.4, -0.2) is 36.8 Å². The number of ether oxygens (including phenoxy) is 1. The molecular weight excluding hydrogens is 234 g/mol. The lowest BCUT2D eigenvalue weighted by molar-refractivity contribution is 0.0507. The minimum atomic E-state index is 0.281. The summed E-state index contributed by atoms with van der Waals surface area (Å²) in [5.41, 5.74) is 6.70. The Balaban J connectivity index is 1.57. The molecule has 1 saturated heterocycles. The van der Waals surface area contributed by atoms with E-state index in [4.69, 9.17) is 10.5 Å². The molecule has 0 aliphatic carbocycles. The van der Waals surface area contributed by atoms with Crippen molar-refractivity contribution in [3.8, 4) is 0 Å². The van der Waals surface area contributed by atoms with Gasteiger partial charge in [-0.15, -0.1) is 11.3 Å². The maximum absolute atomic E-state index is 5.77. The SMILES string of the molecule is Cc1csc(CCNCC2CCC(CN)O2)n1. The van der Waals surface area contributed by atoms with E-state index in [-0.39, 0.29) is 6.10 Å². The average Bonchev–Trinajstić information content (AvgIpc) is 2.93. The predicted molar refractivity (Wildman–Crippen MR) is 70.4 cm³/mol. The van der Waals surface area contributed by atoms with Gasteiger partial charge in [0.2, 0.25) is 0 Å². The summed E-state index contributed by atoms with van der Waals surface area (Å²) in [6.07, 6.45) is 3.87. The van der Waals surface area contributed by atoms with E-state index in [0.717, 1.165) is 38.0 Å². The van der Waals surface area contributed by atoms with Crippen LogP contribution in [0.4, 0.5) is 0 Å². The van der Waals surface area contributed by atoms with E-state index in [1.54, 1.807) is 11.3 Å². The fourth-order valence-corrected chi connectivity index (χ4v) is 2.86. The van der Waals surface area contributed by atoms with Crippen LogP contribution in [0.3, 0.4) is 0 Å². The molecule has 5 heteroatoms. The van der Waals surface area contributed by atoms with Gasteiger partial charge in [0.15, 0.2) is 0 Å². The van der Waals surface area contributed by atoms with Crippen molar-refractivity contribution in [2.24, 2.45) is 5.73 Å². The Morgan fingerprint density at radius 2 is 2.35 bits per heavy atom. The van der Waals surface area contributed by atoms with E-state index in [2.05, 4.69) is 15.7 Å². The molecule has 2 rings (SSSR count). The lowest BCUT2D eigenvalue weighted by Crippen LogP contribution is -2.30. The van der Waals surface area contributed by atoms with E-state index >= 15 is 0 Å². The number of rotatable bonds is 6. The number of aromatic nitrogens is 1. The third kappa shape index (κ3) is 4.03. The van der Waals surface area contributed by atoms with Crippen LogP contribution in [0.1, 0.15) is 23.5 Å². The van der Waals surface area contributed by atoms with Crippen molar-refractivity contribution in [3.63, 3.8) is 0 Å². The van der Waals surface area contributed by atoms with Crippen molar-refractivity contribution >= 4 is 11.3 Å². The Labute approximate surface area is 107 Å². The molecule has 0 aromatic carbocycles. The van der Waals surface area contributed by atoms with Gasteiger partial charge >= 0.3 is 0 Å². The number of hydrogen-bond acceptors (Lipinski definition) is 5. The number of nitrogens with two attached hydrogens (primary N) is 1. The Morgan fingerprint density at radius 1 is 1.53 bits per heavy atom. The zero-order chi connectivity index (χ0) is 12.1. The number of nitrogens with one attached hydrogen (secondary N) is 1. The molecule has 0 bridgehead atoms. The summed E-state index contributed by atoms with van der Waals surface area (Å²) in [4.78, 5) is 4.44. The maximum Gasteiger partial charge on any atom is 0.0940 e. The second-order valence-corrected chi connectivity index (χ2v) is 5.47. The fraction of sp³-hybridized carbons (Fsp3) is 0.750. The first-order valence-electron chi connectivity index (χ1n) is 6.25. The van der Waals surface area contributed by atoms with Crippen molar-refractivity contribution < 1.29 is 4.74 Å². The van der Waals surface area contributed by atoms with Crippen LogP contribution >= 0.6 is 11.3 Å². The molecule has 2 atom stereocenters. The molecule has 0 spiro atoms. The van der Waals surface area contributed by atoms with Gasteiger partial charge < -0.3 is 15.8 Å². The molecule has 17 heavy (non-hydrogen) atoms. The van der Waals surface area contributed by atoms with Crippen molar-refractivity contribution in [1.82, 2.24) is 10.3 Å². The highest BCUT2D eigenvalue weighted by Crippen LogP contribution is 2.18. The molecule has 0 radical (unpaired) electrons. The minimum absolute atomic E-state index is 0.281. The third-order valence-electron chi connectivity index (χ3n) is 3.01. The van der Waals surface area contributed by atoms with Gasteiger partial charge in [-0.3, -0.25) is 0 Å². The van der Waals surface area contributed by atoms with E-state index in [0.29, 0.717) is 12.6 Å². The van der Waals surface area contributed by atoms with E-state index in [1.807, 2.05) is 6.92 Å². The second-order valence-electron chi connectivity index (χ2n) is 4.53. The van der Waals surface area contributed by atoms with Crippen molar-refractivity contribution in [3.05, 3.63) is 16.1 Å². The molecule has 1 aliphatic heterocycles. The van der Waals surface area contributed by atoms with Crippen molar-refractivity contribution in [2.75, 3.05) is 19.6 Å². The first-order chi connectivity index (χ1) is 8.28. The van der Waals surface area contributed by atoms with Crippen LogP contribution in [-0.2, 0) is 11.2 Å². The van der Waals surface area contributed by atoms with Gasteiger partial charge in [-0.05, 0) is 19.8 Å². The monoisotopic (exact) mass is 255 g/mol. The molecule has 2 heterocycles. The molecular formula is C12H21N3OS. The van der Waals surface area contributed by atoms with E-state index < -0.39 is 0 Å². The molecule has 1 aliphatic rings. The summed E-state index contributed by atoms with van der Waals surface area (Å²) in [5, 5.41) is 6.74. The summed E-state index contributed by atoms with van der Waals surface area (Å²) in [6, 6.07) is 0. The molecule has 2 unspecified atom stereocenters. The van der Waals surface area contributed by atoms with Crippen LogP contribution in [0, 0.1) is 6.92 Å². The number of aryl methyl sites for hydroxylation is 1. The molecule has 3 N–H and O–H groups in total. The summed E-state index contributed by atoms with van der Waals surface area (Å²) in [7, 11) is 0. The van der Waals surface area contributed by atoms with Gasteiger partial charge in [-0.1, -0.05) is 0 Å². The zero-order valence-corrected chi connectivity index (χ0v) is 11.1. The van der Waals surface area contributed by atoms with Crippen LogP contribution in [0.2, 0.25) is 0 Å². The lowest BCUT2D eigenvalue weighted by atomic mass is 10.2. The fourth-order valence-electron chi connectivity index (χ4n) is 2.08. The molecule has 0 saturated carbocycles. The van der Waals surface area contributed by atoms with Crippen molar-refractivity contribution in [2.45, 2.75) is 38.4 Å². The minimum Gasteiger partial charge on any atom is -0.372 e. The summed E-state index contributed by atoms with van der Waals surface area (Å²) in [6.45, 7) is 4.59. The maximum atomic E-state index is 5.77. The van der Waals surface area contributed by atoms with Gasteiger partial charge in [-0.2, -0.15) is 0 Å². The molecule has 1 fully saturated rings. The van der Waals surface area contributed by atoms with Gasteiger partial charge in [0, 0.05) is 37.1 Å². The Hall–Kier alpha value is -0.490. The largest absolute Gasteiger partial charge is 0.372 e. The van der Waals surface area contributed by atoms with Crippen molar-refractivity contribution in [1.29, 1.82) is 0 Å². The Bertz CT molecular complexity index is 342. The number of thiazole rings is 1. The van der Waals surface area contributed by atoms with Crippen LogP contribution in [0.15, 0.2) is 5.38 Å². The van der Waals surface area contributed by atoms with Gasteiger partial charge in [0.25, 0.3) is 0 Å². The third-order valence-corrected chi connectivity index (χ3v) is 4.04. The molecule has 1 aromatic heterocycles. The standard InChI is InChI=1S/C12H21N3OS/c1-9-8-17-12(15-9)4-5-14-7-11-3-2-10(6-13)16-11/h8,10-11,14H,2-7,13H2,1H3. The van der Waals surface area contributed by atoms with E-state index in [9.17, 15) is 0 Å². The molecule has 96 valence electrons. The Morgan fingerprint density at radius 3 is 3.00 bits per heavy atom. The van der Waals surface area contributed by atoms with Crippen LogP contribution < -0.4 is 11.1 Å². The molecule has 4 nitrogen and oxygen atoms in total. The van der Waals surface area contributed by atoms with Crippen LogP contribution in [0.5, 0.6) is 0 Å². The smallest absolute Gasteiger partial charge is 0.0940 e. The predicted octanol–water partition coefficient (Wildman–Crippen LogP) is 1.09. The van der Waals surface area contributed by atoms with Gasteiger partial charge in [-0.25, -0.2) is 4.98 Å². The quantitative estimate of drug-likeness (QED) is 0.747. The lowest BCUT2D eigenvalue weighted by Gasteiger charge is -2.12. The average molecular weight is 255 g/mol. The number of nitrogens with zero attached hydrogens (tertiary/aromatic N) is 1. The first-order valence-corrected chi connectivity index (χ1v) is 7.13. The number of hydrogen-bond donors (Lipinski definition) is 2. The highest BCUT2D eigenvalue weighted by molar-refractivity contribution is 7.09. The molecule has 1 aromatic rings.